The summed E-state index contributed by atoms with van der Waals surface area (Å²) in [6.07, 6.45) is 1.21. The lowest BCUT2D eigenvalue weighted by Gasteiger charge is -2.04. The molecule has 0 fully saturated rings. The molecule has 0 unspecified atom stereocenters. The van der Waals surface area contributed by atoms with Crippen LogP contribution in [0, 0.1) is 0 Å². The summed E-state index contributed by atoms with van der Waals surface area (Å²) in [5.74, 6) is -0.423. The fourth-order valence-electron chi connectivity index (χ4n) is 1.04. The van der Waals surface area contributed by atoms with E-state index in [4.69, 9.17) is 0 Å². The van der Waals surface area contributed by atoms with Gasteiger partial charge >= 0.3 is 5.97 Å². The minimum absolute atomic E-state index is 0.0182. The number of methoxy groups -OCH3 is 1. The van der Waals surface area contributed by atoms with Crippen LogP contribution < -0.4 is 0 Å². The van der Waals surface area contributed by atoms with Gasteiger partial charge in [0.05, 0.1) is 13.2 Å². The van der Waals surface area contributed by atoms with Crippen LogP contribution in [0.4, 0.5) is 0 Å². The van der Waals surface area contributed by atoms with Crippen molar-refractivity contribution in [1.82, 2.24) is 0 Å². The van der Waals surface area contributed by atoms with Crippen molar-refractivity contribution >= 4 is 12.2 Å². The number of hydrogen-bond donors (Lipinski definition) is 0. The number of rotatable bonds is 3. The van der Waals surface area contributed by atoms with Crippen molar-refractivity contribution in [3.63, 3.8) is 0 Å². The fourth-order valence-corrected chi connectivity index (χ4v) is 1.04. The van der Waals surface area contributed by atoms with Crippen LogP contribution in [0.3, 0.4) is 0 Å². The minimum Gasteiger partial charge on any atom is -0.465 e. The van der Waals surface area contributed by atoms with Crippen molar-refractivity contribution in [3.05, 3.63) is 35.9 Å². The average Bonchev–Trinajstić information content (AvgIpc) is 2.26. The van der Waals surface area contributed by atoms with Crippen molar-refractivity contribution in [2.24, 2.45) is 4.99 Å². The third kappa shape index (κ3) is 3.01. The van der Waals surface area contributed by atoms with Crippen molar-refractivity contribution in [2.45, 2.75) is 13.0 Å². The van der Waals surface area contributed by atoms with Crippen LogP contribution >= 0.6 is 0 Å². The highest BCUT2D eigenvalue weighted by Gasteiger charge is 2.01. The summed E-state index contributed by atoms with van der Waals surface area (Å²) < 4.78 is 4.45. The smallest absolute Gasteiger partial charge is 0.348 e. The van der Waals surface area contributed by atoms with E-state index in [9.17, 15) is 4.79 Å². The van der Waals surface area contributed by atoms with Crippen LogP contribution in [-0.2, 0) is 9.53 Å². The van der Waals surface area contributed by atoms with Gasteiger partial charge in [-0.05, 0) is 12.5 Å². The largest absolute Gasteiger partial charge is 0.465 e. The van der Waals surface area contributed by atoms with E-state index in [2.05, 4.69) is 9.73 Å². The summed E-state index contributed by atoms with van der Waals surface area (Å²) in [7, 11) is 1.33. The number of ether oxygens (including phenoxy) is 1. The van der Waals surface area contributed by atoms with Gasteiger partial charge in [0.25, 0.3) is 0 Å². The van der Waals surface area contributed by atoms with Gasteiger partial charge in [0.2, 0.25) is 0 Å². The number of carbonyl (C=O) groups excluding carboxylic acids is 1. The first-order valence-corrected chi connectivity index (χ1v) is 4.40. The highest BCUT2D eigenvalue weighted by Crippen LogP contribution is 2.14. The number of hydrogen-bond acceptors (Lipinski definition) is 3. The van der Waals surface area contributed by atoms with E-state index in [1.165, 1.54) is 13.3 Å². The molecule has 1 atom stereocenters. The van der Waals surface area contributed by atoms with Gasteiger partial charge in [0, 0.05) is 0 Å². The Bertz CT molecular complexity index is 319. The van der Waals surface area contributed by atoms with E-state index in [1.54, 1.807) is 0 Å². The molecule has 0 aliphatic carbocycles. The van der Waals surface area contributed by atoms with Crippen LogP contribution in [-0.4, -0.2) is 19.3 Å². The normalized spacial score (nSPS) is 12.7. The topological polar surface area (TPSA) is 38.7 Å². The molecule has 1 rings (SSSR count). The lowest BCUT2D eigenvalue weighted by Crippen LogP contribution is -2.02. The molecular formula is C11H13NO2. The Balaban J connectivity index is 2.63. The molecule has 0 amide bonds. The summed E-state index contributed by atoms with van der Waals surface area (Å²) in [5, 5.41) is 0. The van der Waals surface area contributed by atoms with E-state index in [-0.39, 0.29) is 6.04 Å². The Morgan fingerprint density at radius 3 is 2.64 bits per heavy atom. The van der Waals surface area contributed by atoms with Gasteiger partial charge in [0.15, 0.2) is 0 Å². The van der Waals surface area contributed by atoms with Gasteiger partial charge in [-0.2, -0.15) is 0 Å². The van der Waals surface area contributed by atoms with Crippen molar-refractivity contribution < 1.29 is 9.53 Å². The van der Waals surface area contributed by atoms with Gasteiger partial charge < -0.3 is 4.74 Å². The highest BCUT2D eigenvalue weighted by molar-refractivity contribution is 6.23. The monoisotopic (exact) mass is 191 g/mol. The third-order valence-electron chi connectivity index (χ3n) is 1.89. The van der Waals surface area contributed by atoms with Crippen LogP contribution in [0.5, 0.6) is 0 Å². The Morgan fingerprint density at radius 2 is 2.07 bits per heavy atom. The molecule has 0 radical (unpaired) electrons. The average molecular weight is 191 g/mol. The van der Waals surface area contributed by atoms with Gasteiger partial charge in [-0.15, -0.1) is 0 Å². The molecule has 1 aromatic carbocycles. The maximum Gasteiger partial charge on any atom is 0.348 e. The van der Waals surface area contributed by atoms with E-state index in [0.29, 0.717) is 0 Å². The predicted octanol–water partition coefficient (Wildman–Crippen LogP) is 1.99. The van der Waals surface area contributed by atoms with Crippen LogP contribution in [0.25, 0.3) is 0 Å². The maximum absolute atomic E-state index is 10.8. The predicted molar refractivity (Wildman–Crippen MR) is 55.4 cm³/mol. The number of aliphatic imine (C=N–C) groups is 1. The number of benzene rings is 1. The molecule has 0 heterocycles. The molecule has 0 saturated heterocycles. The van der Waals surface area contributed by atoms with Crippen LogP contribution in [0.2, 0.25) is 0 Å². The summed E-state index contributed by atoms with van der Waals surface area (Å²) >= 11 is 0. The van der Waals surface area contributed by atoms with Gasteiger partial charge in [-0.3, -0.25) is 4.99 Å². The molecule has 3 nitrogen and oxygen atoms in total. The van der Waals surface area contributed by atoms with Crippen molar-refractivity contribution in [2.75, 3.05) is 7.11 Å². The van der Waals surface area contributed by atoms with Crippen molar-refractivity contribution in [1.29, 1.82) is 0 Å². The second kappa shape index (κ2) is 5.17. The summed E-state index contributed by atoms with van der Waals surface area (Å²) in [6.45, 7) is 1.93. The molecular weight excluding hydrogens is 178 g/mol. The first-order chi connectivity index (χ1) is 6.74. The molecule has 0 aromatic heterocycles. The highest BCUT2D eigenvalue weighted by atomic mass is 16.5. The summed E-state index contributed by atoms with van der Waals surface area (Å²) in [5.41, 5.74) is 1.08. The van der Waals surface area contributed by atoms with E-state index in [1.807, 2.05) is 37.3 Å². The zero-order valence-corrected chi connectivity index (χ0v) is 8.31. The molecule has 0 spiro atoms. The SMILES string of the molecule is COC(=O)C=N[C@H](C)c1ccccc1. The number of carbonyl (C=O) groups is 1. The summed E-state index contributed by atoms with van der Waals surface area (Å²) in [6, 6.07) is 9.76. The fraction of sp³-hybridized carbons (Fsp3) is 0.273. The second-order valence-electron chi connectivity index (χ2n) is 2.89. The number of nitrogens with zero attached hydrogens (tertiary/aromatic N) is 1. The quantitative estimate of drug-likeness (QED) is 0.541. The zero-order chi connectivity index (χ0) is 10.4. The zero-order valence-electron chi connectivity index (χ0n) is 8.31. The standard InChI is InChI=1S/C11H13NO2/c1-9(12-8-11(13)14-2)10-6-4-3-5-7-10/h3-9H,1-2H3/t9-/m1/s1. The van der Waals surface area contributed by atoms with Crippen LogP contribution in [0.1, 0.15) is 18.5 Å². The second-order valence-corrected chi connectivity index (χ2v) is 2.89. The van der Waals surface area contributed by atoms with Gasteiger partial charge in [0.1, 0.15) is 6.21 Å². The first-order valence-electron chi connectivity index (χ1n) is 4.40. The number of esters is 1. The molecule has 0 saturated carbocycles. The lowest BCUT2D eigenvalue weighted by molar-refractivity contribution is -0.132. The Hall–Kier alpha value is -1.64. The molecule has 14 heavy (non-hydrogen) atoms. The molecule has 0 bridgehead atoms. The van der Waals surface area contributed by atoms with E-state index < -0.39 is 5.97 Å². The lowest BCUT2D eigenvalue weighted by atomic mass is 10.1. The molecule has 74 valence electrons. The Kier molecular flexibility index (Phi) is 3.85. The van der Waals surface area contributed by atoms with Gasteiger partial charge in [-0.1, -0.05) is 30.3 Å². The maximum atomic E-state index is 10.8. The van der Waals surface area contributed by atoms with Crippen molar-refractivity contribution in [3.8, 4) is 0 Å². The molecule has 0 aliphatic heterocycles. The molecule has 0 N–H and O–H groups in total. The minimum atomic E-state index is -0.423. The molecule has 3 heteroatoms. The molecule has 1 aromatic rings. The van der Waals surface area contributed by atoms with Gasteiger partial charge in [-0.25, -0.2) is 4.79 Å². The summed E-state index contributed by atoms with van der Waals surface area (Å²) in [4.78, 5) is 14.8. The molecule has 0 aliphatic rings. The third-order valence-corrected chi connectivity index (χ3v) is 1.89. The first kappa shape index (κ1) is 10.4. The van der Waals surface area contributed by atoms with E-state index in [0.717, 1.165) is 5.56 Å². The van der Waals surface area contributed by atoms with E-state index >= 15 is 0 Å². The van der Waals surface area contributed by atoms with Crippen LogP contribution in [0.15, 0.2) is 35.3 Å². The Labute approximate surface area is 83.4 Å². The Morgan fingerprint density at radius 1 is 1.43 bits per heavy atom.